The van der Waals surface area contributed by atoms with E-state index in [4.69, 9.17) is 0 Å². The highest BCUT2D eigenvalue weighted by Crippen LogP contribution is 2.26. The van der Waals surface area contributed by atoms with Gasteiger partial charge < -0.3 is 46.6 Å². The molecule has 6 N–H and O–H groups in total. The highest BCUT2D eigenvalue weighted by Gasteiger charge is 2.24. The molecule has 0 saturated carbocycles. The Balaban J connectivity index is 0.000000324. The quantitative estimate of drug-likeness (QED) is 0.0348. The van der Waals surface area contributed by atoms with Crippen LogP contribution in [0.15, 0.2) is 140 Å². The lowest BCUT2D eigenvalue weighted by Gasteiger charge is -2.33. The molecule has 0 radical (unpaired) electrons. The van der Waals surface area contributed by atoms with Crippen LogP contribution in [0.2, 0.25) is 0 Å². The summed E-state index contributed by atoms with van der Waals surface area (Å²) in [6.45, 7) is 12.3. The Morgan fingerprint density at radius 3 is 1.31 bits per heavy atom. The summed E-state index contributed by atoms with van der Waals surface area (Å²) in [7, 11) is 5.34. The van der Waals surface area contributed by atoms with E-state index >= 15 is 0 Å². The number of anilines is 3. The van der Waals surface area contributed by atoms with Gasteiger partial charge in [0.05, 0.1) is 0 Å². The van der Waals surface area contributed by atoms with Gasteiger partial charge in [-0.1, -0.05) is 67.6 Å². The van der Waals surface area contributed by atoms with Crippen molar-refractivity contribution in [3.05, 3.63) is 179 Å². The molecule has 3 aliphatic heterocycles. The molecular weight excluding hydrogens is 1260 g/mol. The van der Waals surface area contributed by atoms with Gasteiger partial charge in [-0.15, -0.1) is 15.3 Å². The predicted molar refractivity (Wildman–Crippen MR) is 388 cm³/mol. The van der Waals surface area contributed by atoms with Gasteiger partial charge in [0.25, 0.3) is 0 Å². The maximum absolute atomic E-state index is 13.1. The number of halogens is 3. The number of tetrazole rings is 3. The van der Waals surface area contributed by atoms with Crippen LogP contribution in [0.4, 0.5) is 44.6 Å². The van der Waals surface area contributed by atoms with Crippen LogP contribution in [0.1, 0.15) is 89.1 Å². The molecule has 3 saturated heterocycles. The summed E-state index contributed by atoms with van der Waals surface area (Å²) >= 11 is 0. The van der Waals surface area contributed by atoms with E-state index in [1.807, 2.05) is 103 Å². The minimum Gasteiger partial charge on any atom is -0.338 e. The topological polar surface area (TPSA) is 264 Å². The Labute approximate surface area is 584 Å². The van der Waals surface area contributed by atoms with Crippen molar-refractivity contribution >= 4 is 35.2 Å². The van der Waals surface area contributed by atoms with E-state index in [0.717, 1.165) is 164 Å². The maximum Gasteiger partial charge on any atom is 0.319 e. The number of nitrogens with zero attached hydrogens (tertiary/aromatic N) is 15. The van der Waals surface area contributed by atoms with Crippen LogP contribution in [-0.2, 0) is 46.8 Å². The predicted octanol–water partition coefficient (Wildman–Crippen LogP) is 11.8. The molecule has 3 atom stereocenters. The standard InChI is InChI=1S/3C24H30FN7O.6H2/c2*1-31-23(28-29-30-31)20-7-2-8-22(15-20)27-24(33)26-16-19-6-4-14-32(17-19)13-3-5-18-9-11-21(25)12-10-18;1-3-17-13-19(23-28-29-30-31(23)2)15-22(14-17)27-24(33)26-21-5-4-11-32(16-21)12-10-18-6-8-20(25)9-7-18;;;;;;/h2*2,7-12,15,19H,3-6,13-14,16-17H2,1H3,(H2,26,27,33);6-9,13-15,21H,3-5,10-12,16H2,1-2H3,(H2,26,27,33);6*1H/t2*19-;21-;;;;;;/m101....../s1. The third-order valence-electron chi connectivity index (χ3n) is 18.0. The van der Waals surface area contributed by atoms with Crippen molar-refractivity contribution in [2.45, 2.75) is 90.0 Å². The largest absolute Gasteiger partial charge is 0.338 e. The second-order valence-electron chi connectivity index (χ2n) is 25.7. The number of amides is 6. The van der Waals surface area contributed by atoms with Crippen LogP contribution in [0.3, 0.4) is 0 Å². The molecule has 3 aliphatic rings. The highest BCUT2D eigenvalue weighted by molar-refractivity contribution is 5.91. The third kappa shape index (κ3) is 22.8. The summed E-state index contributed by atoms with van der Waals surface area (Å²) < 4.78 is 44.0. The zero-order valence-corrected chi connectivity index (χ0v) is 56.8. The molecule has 24 nitrogen and oxygen atoms in total. The van der Waals surface area contributed by atoms with Crippen molar-refractivity contribution in [1.82, 2.24) is 91.3 Å². The van der Waals surface area contributed by atoms with E-state index in [-0.39, 0.29) is 50.1 Å². The Hall–Kier alpha value is -9.99. The Morgan fingerprint density at radius 2 is 0.869 bits per heavy atom. The van der Waals surface area contributed by atoms with Crippen LogP contribution in [0.5, 0.6) is 0 Å². The number of hydrogen-bond donors (Lipinski definition) is 6. The first kappa shape index (κ1) is 71.8. The van der Waals surface area contributed by atoms with Crippen molar-refractivity contribution in [3.8, 4) is 34.2 Å². The van der Waals surface area contributed by atoms with Gasteiger partial charge >= 0.3 is 18.1 Å². The van der Waals surface area contributed by atoms with Crippen molar-refractivity contribution in [2.75, 3.05) is 87.9 Å². The number of nitrogens with one attached hydrogen (secondary N) is 6. The van der Waals surface area contributed by atoms with Gasteiger partial charge in [-0.2, -0.15) is 0 Å². The average molecular weight is 1370 g/mol. The van der Waals surface area contributed by atoms with Crippen LogP contribution in [-0.4, -0.2) is 171 Å². The summed E-state index contributed by atoms with van der Waals surface area (Å²) in [5.74, 6) is 2.21. The molecule has 6 heterocycles. The van der Waals surface area contributed by atoms with E-state index < -0.39 is 0 Å². The molecule has 6 amide bonds. The molecule has 12 rings (SSSR count). The molecule has 0 unspecified atom stereocenters. The zero-order valence-electron chi connectivity index (χ0n) is 56.8. The van der Waals surface area contributed by atoms with Crippen LogP contribution >= 0.6 is 0 Å². The number of urea groups is 3. The number of carbonyl (C=O) groups is 3. The minimum absolute atomic E-state index is 0. The Kier molecular flexibility index (Phi) is 26.5. The molecular formula is C72H102F3N21O3. The minimum atomic E-state index is -0.212. The summed E-state index contributed by atoms with van der Waals surface area (Å²) in [6.07, 6.45) is 12.2. The van der Waals surface area contributed by atoms with Crippen molar-refractivity contribution in [3.63, 3.8) is 0 Å². The van der Waals surface area contributed by atoms with E-state index in [0.29, 0.717) is 59.5 Å². The zero-order chi connectivity index (χ0) is 69.3. The van der Waals surface area contributed by atoms with Gasteiger partial charge in [0.15, 0.2) is 17.5 Å². The molecule has 3 aromatic heterocycles. The van der Waals surface area contributed by atoms with Crippen molar-refractivity contribution < 1.29 is 36.1 Å². The van der Waals surface area contributed by atoms with E-state index in [1.165, 1.54) is 47.5 Å². The van der Waals surface area contributed by atoms with E-state index in [9.17, 15) is 27.6 Å². The fourth-order valence-corrected chi connectivity index (χ4v) is 12.8. The molecule has 9 aromatic rings. The average Bonchev–Trinajstić information content (AvgIpc) is 1.83. The fraction of sp³-hybridized carbons (Fsp3) is 0.417. The molecule has 534 valence electrons. The van der Waals surface area contributed by atoms with Crippen LogP contribution in [0, 0.1) is 29.3 Å². The lowest BCUT2D eigenvalue weighted by Crippen LogP contribution is -2.49. The molecule has 6 aromatic carbocycles. The monoisotopic (exact) mass is 1370 g/mol. The van der Waals surface area contributed by atoms with Gasteiger partial charge in [0.1, 0.15) is 17.5 Å². The third-order valence-corrected chi connectivity index (χ3v) is 18.0. The Morgan fingerprint density at radius 1 is 0.455 bits per heavy atom. The summed E-state index contributed by atoms with van der Waals surface area (Å²) in [4.78, 5) is 44.9. The summed E-state index contributed by atoms with van der Waals surface area (Å²) in [6, 6.07) is 40.5. The second kappa shape index (κ2) is 36.6. The number of aromatic nitrogens is 12. The smallest absolute Gasteiger partial charge is 0.319 e. The first-order valence-corrected chi connectivity index (χ1v) is 34.2. The highest BCUT2D eigenvalue weighted by atomic mass is 19.1. The lowest BCUT2D eigenvalue weighted by molar-refractivity contribution is 0.171. The van der Waals surface area contributed by atoms with Gasteiger partial charge in [0, 0.05) is 109 Å². The Bertz CT molecular complexity index is 3860. The first-order chi connectivity index (χ1) is 48.1. The van der Waals surface area contributed by atoms with E-state index in [2.05, 4.69) is 100 Å². The van der Waals surface area contributed by atoms with Crippen LogP contribution in [0.25, 0.3) is 34.2 Å². The van der Waals surface area contributed by atoms with Crippen LogP contribution < -0.4 is 31.9 Å². The number of rotatable bonds is 23. The van der Waals surface area contributed by atoms with Gasteiger partial charge in [-0.25, -0.2) is 41.6 Å². The number of benzene rings is 6. The molecule has 0 spiro atoms. The molecule has 27 heteroatoms. The van der Waals surface area contributed by atoms with Gasteiger partial charge in [-0.05, 0) is 254 Å². The number of carbonyl (C=O) groups excluding carboxylic acids is 3. The van der Waals surface area contributed by atoms with E-state index in [1.54, 1.807) is 35.2 Å². The normalized spacial score (nSPS) is 16.5. The van der Waals surface area contributed by atoms with Crippen molar-refractivity contribution in [2.24, 2.45) is 33.0 Å². The summed E-state index contributed by atoms with van der Waals surface area (Å²) in [5.41, 5.74) is 9.19. The number of aryl methyl sites for hydroxylation is 6. The lowest BCUT2D eigenvalue weighted by atomic mass is 9.97. The number of hydrogen-bond acceptors (Lipinski definition) is 15. The van der Waals surface area contributed by atoms with Gasteiger partial charge in [0.2, 0.25) is 0 Å². The first-order valence-electron chi connectivity index (χ1n) is 34.2. The molecule has 0 aliphatic carbocycles. The fourth-order valence-electron chi connectivity index (χ4n) is 12.8. The summed E-state index contributed by atoms with van der Waals surface area (Å²) in [5, 5.41) is 52.6. The SMILES string of the molecule is CCc1cc(NC(=O)N[C@@H]2CCCN(CCc3ccc(F)cc3)C2)cc(-c2nnnn2C)c1.Cn1nnnc1-c1cccc(NC(=O)NC[C@@H]2CCCN(CCCc3ccc(F)cc3)C2)c1.Cn1nnnc1-c1cccc(NC(=O)NC[C@H]2CCCN(CCCc3ccc(F)cc3)C2)c1.[HH].[HH].[HH].[HH].[HH].[HH]. The molecule has 0 bridgehead atoms. The molecule has 99 heavy (non-hydrogen) atoms. The number of likely N-dealkylation sites (tertiary alicyclic amines) is 3. The van der Waals surface area contributed by atoms with Crippen molar-refractivity contribution in [1.29, 1.82) is 0 Å². The second-order valence-corrected chi connectivity index (χ2v) is 25.7. The number of piperidine rings is 3. The van der Waals surface area contributed by atoms with Gasteiger partial charge in [-0.3, -0.25) is 0 Å². The maximum atomic E-state index is 13.1. The molecule has 3 fully saturated rings.